The number of nitro benzene ring substituents is 1. The number of nitro groups is 1. The molecule has 3 aliphatic heterocycles. The number of allylic oxidation sites excluding steroid dienone is 2. The summed E-state index contributed by atoms with van der Waals surface area (Å²) in [6.45, 7) is 0. The Morgan fingerprint density at radius 3 is 2.47 bits per heavy atom. The summed E-state index contributed by atoms with van der Waals surface area (Å²) >= 11 is 0. The molecule has 2 saturated heterocycles. The number of carbonyl (C=O) groups is 3. The smallest absolute Gasteiger partial charge is 0.270 e. The van der Waals surface area contributed by atoms with Gasteiger partial charge in [-0.1, -0.05) is 12.1 Å². The van der Waals surface area contributed by atoms with Crippen LogP contribution in [-0.4, -0.2) is 39.5 Å². The van der Waals surface area contributed by atoms with Crippen LogP contribution in [0.25, 0.3) is 0 Å². The van der Waals surface area contributed by atoms with Gasteiger partial charge >= 0.3 is 0 Å². The Balaban J connectivity index is 1.60. The molecule has 0 bridgehead atoms. The maximum absolute atomic E-state index is 13.6. The Labute approximate surface area is 192 Å². The topological polar surface area (TPSA) is 125 Å². The summed E-state index contributed by atoms with van der Waals surface area (Å²) < 4.78 is 13.4. The molecule has 0 saturated carbocycles. The average Bonchev–Trinajstić information content (AvgIpc) is 3.31. The third-order valence-electron chi connectivity index (χ3n) is 6.37. The number of non-ortho nitro benzene ring substituents is 1. The molecule has 0 radical (unpaired) electrons. The summed E-state index contributed by atoms with van der Waals surface area (Å²) in [5.74, 6) is -4.32. The maximum Gasteiger partial charge on any atom is 0.270 e. The van der Waals surface area contributed by atoms with Crippen LogP contribution in [0.5, 0.6) is 0 Å². The lowest BCUT2D eigenvalue weighted by atomic mass is 9.86. The van der Waals surface area contributed by atoms with Crippen LogP contribution in [0.3, 0.4) is 0 Å². The molecule has 5 rings (SSSR count). The number of hydrogen-bond donors (Lipinski definition) is 0. The van der Waals surface area contributed by atoms with Crippen molar-refractivity contribution in [3.63, 3.8) is 0 Å². The van der Waals surface area contributed by atoms with Crippen molar-refractivity contribution in [3.8, 4) is 6.07 Å². The molecule has 10 heteroatoms. The lowest BCUT2D eigenvalue weighted by Gasteiger charge is -2.32. The van der Waals surface area contributed by atoms with E-state index in [0.717, 1.165) is 23.1 Å². The zero-order valence-electron chi connectivity index (χ0n) is 17.4. The van der Waals surface area contributed by atoms with Crippen molar-refractivity contribution < 1.29 is 23.7 Å². The Hall–Kier alpha value is -4.65. The number of anilines is 1. The molecule has 2 aromatic rings. The number of amides is 2. The standard InChI is InChI=1S/C24H15FN4O5/c25-15-4-6-16(7-5-15)28-23(31)19-18-10-13(12-26)8-9-27(18)21(20(19)24(28)32)22(30)14-2-1-3-17(11-14)29(33)34/h1-11,18-21H/t18-,19+,20-,21+/m1/s1. The molecule has 2 fully saturated rings. The summed E-state index contributed by atoms with van der Waals surface area (Å²) in [4.78, 5) is 53.6. The van der Waals surface area contributed by atoms with E-state index >= 15 is 0 Å². The van der Waals surface area contributed by atoms with E-state index in [1.807, 2.05) is 6.07 Å². The Kier molecular flexibility index (Phi) is 4.83. The molecule has 4 atom stereocenters. The Morgan fingerprint density at radius 2 is 1.79 bits per heavy atom. The van der Waals surface area contributed by atoms with E-state index in [4.69, 9.17) is 0 Å². The number of carbonyl (C=O) groups excluding carboxylic acids is 3. The van der Waals surface area contributed by atoms with Crippen molar-refractivity contribution >= 4 is 29.0 Å². The first kappa shape index (κ1) is 21.2. The number of ketones is 1. The SMILES string of the molecule is N#CC1=C[C@@H]2[C@@H]3C(=O)N(c4ccc(F)cc4)C(=O)[C@H]3[C@@H](C(=O)c3cccc([N+](=O)[O-])c3)N2C=C1. The molecule has 2 amide bonds. The first-order chi connectivity index (χ1) is 16.3. The van der Waals surface area contributed by atoms with Gasteiger partial charge in [0.2, 0.25) is 11.8 Å². The monoisotopic (exact) mass is 458 g/mol. The van der Waals surface area contributed by atoms with Gasteiger partial charge in [0.15, 0.2) is 5.78 Å². The van der Waals surface area contributed by atoms with Crippen molar-refractivity contribution in [1.82, 2.24) is 4.90 Å². The van der Waals surface area contributed by atoms with Crippen LogP contribution in [0.1, 0.15) is 10.4 Å². The predicted molar refractivity (Wildman–Crippen MR) is 116 cm³/mol. The van der Waals surface area contributed by atoms with Crippen LogP contribution >= 0.6 is 0 Å². The molecule has 0 N–H and O–H groups in total. The van der Waals surface area contributed by atoms with Crippen molar-refractivity contribution in [2.45, 2.75) is 12.1 Å². The minimum absolute atomic E-state index is 0.0301. The fourth-order valence-corrected chi connectivity index (χ4v) is 4.91. The van der Waals surface area contributed by atoms with E-state index in [-0.39, 0.29) is 22.5 Å². The zero-order valence-corrected chi connectivity index (χ0v) is 17.4. The largest absolute Gasteiger partial charge is 0.359 e. The van der Waals surface area contributed by atoms with Gasteiger partial charge in [0.05, 0.1) is 40.1 Å². The van der Waals surface area contributed by atoms with Gasteiger partial charge in [-0.3, -0.25) is 24.5 Å². The summed E-state index contributed by atoms with van der Waals surface area (Å²) in [5, 5.41) is 20.5. The van der Waals surface area contributed by atoms with Crippen molar-refractivity contribution in [1.29, 1.82) is 5.26 Å². The lowest BCUT2D eigenvalue weighted by molar-refractivity contribution is -0.384. The fraction of sp³-hybridized carbons (Fsp3) is 0.167. The number of benzene rings is 2. The van der Waals surface area contributed by atoms with E-state index in [2.05, 4.69) is 0 Å². The van der Waals surface area contributed by atoms with Gasteiger partial charge < -0.3 is 4.90 Å². The molecule has 3 aliphatic rings. The molecular formula is C24H15FN4O5. The highest BCUT2D eigenvalue weighted by Crippen LogP contribution is 2.47. The van der Waals surface area contributed by atoms with Gasteiger partial charge in [0.1, 0.15) is 11.9 Å². The van der Waals surface area contributed by atoms with Crippen molar-refractivity contribution in [2.24, 2.45) is 11.8 Å². The minimum Gasteiger partial charge on any atom is -0.359 e. The molecule has 2 aromatic carbocycles. The number of nitrogens with zero attached hydrogens (tertiary/aromatic N) is 4. The van der Waals surface area contributed by atoms with E-state index in [0.29, 0.717) is 0 Å². The number of halogens is 1. The van der Waals surface area contributed by atoms with Crippen LogP contribution in [0.2, 0.25) is 0 Å². The molecule has 0 spiro atoms. The third-order valence-corrected chi connectivity index (χ3v) is 6.37. The summed E-state index contributed by atoms with van der Waals surface area (Å²) in [5.41, 5.74) is 0.209. The molecule has 34 heavy (non-hydrogen) atoms. The van der Waals surface area contributed by atoms with E-state index in [1.54, 1.807) is 4.90 Å². The number of Topliss-reactive ketones (excluding diaryl/α,β-unsaturated/α-hetero) is 1. The van der Waals surface area contributed by atoms with Crippen LogP contribution in [0.4, 0.5) is 15.8 Å². The van der Waals surface area contributed by atoms with E-state index < -0.39 is 52.3 Å². The molecule has 0 aliphatic carbocycles. The highest BCUT2D eigenvalue weighted by molar-refractivity contribution is 6.24. The normalized spacial score (nSPS) is 25.0. The van der Waals surface area contributed by atoms with Gasteiger partial charge in [0, 0.05) is 23.9 Å². The summed E-state index contributed by atoms with van der Waals surface area (Å²) in [7, 11) is 0. The number of imide groups is 1. The molecule has 0 unspecified atom stereocenters. The van der Waals surface area contributed by atoms with Crippen LogP contribution in [-0.2, 0) is 9.59 Å². The second-order valence-electron chi connectivity index (χ2n) is 8.14. The van der Waals surface area contributed by atoms with E-state index in [9.17, 15) is 34.2 Å². The number of fused-ring (bicyclic) bond motifs is 3. The lowest BCUT2D eigenvalue weighted by Crippen LogP contribution is -2.46. The quantitative estimate of drug-likeness (QED) is 0.299. The second-order valence-corrected chi connectivity index (χ2v) is 8.14. The average molecular weight is 458 g/mol. The second kappa shape index (κ2) is 7.74. The van der Waals surface area contributed by atoms with Gasteiger partial charge in [-0.25, -0.2) is 9.29 Å². The Bertz CT molecular complexity index is 1360. The van der Waals surface area contributed by atoms with Crippen LogP contribution in [0, 0.1) is 39.1 Å². The number of nitriles is 1. The molecule has 9 nitrogen and oxygen atoms in total. The summed E-state index contributed by atoms with van der Waals surface area (Å²) in [6.07, 6.45) is 4.53. The van der Waals surface area contributed by atoms with Gasteiger partial charge in [-0.2, -0.15) is 5.26 Å². The molecule has 168 valence electrons. The van der Waals surface area contributed by atoms with Crippen LogP contribution in [0.15, 0.2) is 72.5 Å². The van der Waals surface area contributed by atoms with Crippen LogP contribution < -0.4 is 4.90 Å². The maximum atomic E-state index is 13.6. The van der Waals surface area contributed by atoms with Gasteiger partial charge in [-0.15, -0.1) is 0 Å². The summed E-state index contributed by atoms with van der Waals surface area (Å²) in [6, 6.07) is 10.2. The Morgan fingerprint density at radius 1 is 1.09 bits per heavy atom. The predicted octanol–water partition coefficient (Wildman–Crippen LogP) is 2.75. The van der Waals surface area contributed by atoms with Gasteiger partial charge in [0.25, 0.3) is 5.69 Å². The molecule has 3 heterocycles. The first-order valence-corrected chi connectivity index (χ1v) is 10.3. The minimum atomic E-state index is -1.12. The zero-order chi connectivity index (χ0) is 24.1. The first-order valence-electron chi connectivity index (χ1n) is 10.3. The van der Waals surface area contributed by atoms with Gasteiger partial charge in [-0.05, 0) is 36.4 Å². The third kappa shape index (κ3) is 3.09. The van der Waals surface area contributed by atoms with Crippen molar-refractivity contribution in [3.05, 3.63) is 94.0 Å². The van der Waals surface area contributed by atoms with E-state index in [1.165, 1.54) is 48.7 Å². The molecule has 0 aromatic heterocycles. The highest BCUT2D eigenvalue weighted by atomic mass is 19.1. The van der Waals surface area contributed by atoms with Crippen molar-refractivity contribution in [2.75, 3.05) is 4.90 Å². The number of hydrogen-bond acceptors (Lipinski definition) is 7. The fourth-order valence-electron chi connectivity index (χ4n) is 4.91. The highest BCUT2D eigenvalue weighted by Gasteiger charge is 2.63. The molecular weight excluding hydrogens is 443 g/mol. The number of rotatable bonds is 4.